The molecule has 0 heterocycles. The van der Waals surface area contributed by atoms with Crippen molar-refractivity contribution in [2.45, 2.75) is 37.9 Å². The van der Waals surface area contributed by atoms with Gasteiger partial charge in [0.2, 0.25) is 0 Å². The lowest BCUT2D eigenvalue weighted by Gasteiger charge is -2.39. The van der Waals surface area contributed by atoms with E-state index in [9.17, 15) is 18.0 Å². The molecule has 0 aliphatic heterocycles. The summed E-state index contributed by atoms with van der Waals surface area (Å²) in [6.45, 7) is 4.00. The van der Waals surface area contributed by atoms with E-state index in [0.717, 1.165) is 6.07 Å². The Hall–Kier alpha value is -1.56. The molecule has 3 N–H and O–H groups in total. The number of hydrogen-bond acceptors (Lipinski definition) is 2. The van der Waals surface area contributed by atoms with Gasteiger partial charge in [0.05, 0.1) is 5.56 Å². The molecule has 0 aliphatic rings. The van der Waals surface area contributed by atoms with Crippen LogP contribution >= 0.6 is 0 Å². The van der Waals surface area contributed by atoms with Crippen molar-refractivity contribution in [1.82, 2.24) is 0 Å². The van der Waals surface area contributed by atoms with Crippen LogP contribution in [0.5, 0.6) is 0 Å². The standard InChI is InChI=1S/C13H16F3NO2/c1-11(2,12(3,17)10(18)19)8-6-4-5-7-9(8)13(14,15)16/h4-7H,17H2,1-3H3,(H,18,19). The summed E-state index contributed by atoms with van der Waals surface area (Å²) in [6, 6.07) is 4.88. The van der Waals surface area contributed by atoms with Crippen molar-refractivity contribution in [1.29, 1.82) is 0 Å². The van der Waals surface area contributed by atoms with Gasteiger partial charge in [-0.25, -0.2) is 0 Å². The van der Waals surface area contributed by atoms with Crippen LogP contribution in [0.2, 0.25) is 0 Å². The van der Waals surface area contributed by atoms with Crippen molar-refractivity contribution in [3.63, 3.8) is 0 Å². The van der Waals surface area contributed by atoms with E-state index < -0.39 is 28.7 Å². The Morgan fingerprint density at radius 1 is 1.11 bits per heavy atom. The molecule has 0 saturated heterocycles. The molecule has 0 amide bonds. The third-order valence-electron chi connectivity index (χ3n) is 3.65. The summed E-state index contributed by atoms with van der Waals surface area (Å²) in [4.78, 5) is 11.2. The smallest absolute Gasteiger partial charge is 0.416 e. The number of carboxylic acid groups (broad SMARTS) is 1. The molecule has 1 rings (SSSR count). The van der Waals surface area contributed by atoms with Crippen molar-refractivity contribution in [2.24, 2.45) is 5.73 Å². The Bertz CT molecular complexity index is 493. The number of aliphatic carboxylic acids is 1. The fraction of sp³-hybridized carbons (Fsp3) is 0.462. The Labute approximate surface area is 109 Å². The van der Waals surface area contributed by atoms with Crippen LogP contribution in [0.1, 0.15) is 31.9 Å². The van der Waals surface area contributed by atoms with Crippen LogP contribution in [0.4, 0.5) is 13.2 Å². The lowest BCUT2D eigenvalue weighted by Crippen LogP contribution is -2.59. The van der Waals surface area contributed by atoms with Crippen LogP contribution in [-0.2, 0) is 16.4 Å². The third-order valence-corrected chi connectivity index (χ3v) is 3.65. The molecule has 106 valence electrons. The molecular weight excluding hydrogens is 259 g/mol. The number of alkyl halides is 3. The topological polar surface area (TPSA) is 63.3 Å². The van der Waals surface area contributed by atoms with Crippen LogP contribution in [0, 0.1) is 0 Å². The van der Waals surface area contributed by atoms with Gasteiger partial charge in [0.1, 0.15) is 5.54 Å². The van der Waals surface area contributed by atoms with E-state index in [1.54, 1.807) is 0 Å². The second-order valence-electron chi connectivity index (χ2n) is 5.18. The fourth-order valence-corrected chi connectivity index (χ4v) is 1.82. The zero-order chi connectivity index (χ0) is 15.1. The Kier molecular flexibility index (Phi) is 3.69. The van der Waals surface area contributed by atoms with Crippen LogP contribution in [0.15, 0.2) is 24.3 Å². The molecule has 0 radical (unpaired) electrons. The monoisotopic (exact) mass is 275 g/mol. The van der Waals surface area contributed by atoms with E-state index in [1.807, 2.05) is 0 Å². The average Bonchev–Trinajstić information content (AvgIpc) is 2.27. The first-order valence-electron chi connectivity index (χ1n) is 5.61. The highest BCUT2D eigenvalue weighted by molar-refractivity contribution is 5.80. The molecule has 3 nitrogen and oxygen atoms in total. The molecule has 0 bridgehead atoms. The van der Waals surface area contributed by atoms with Gasteiger partial charge in [-0.2, -0.15) is 13.2 Å². The summed E-state index contributed by atoms with van der Waals surface area (Å²) in [7, 11) is 0. The number of nitrogens with two attached hydrogens (primary N) is 1. The van der Waals surface area contributed by atoms with Gasteiger partial charge in [0.25, 0.3) is 0 Å². The van der Waals surface area contributed by atoms with Crippen LogP contribution in [-0.4, -0.2) is 16.6 Å². The first kappa shape index (κ1) is 15.5. The predicted octanol–water partition coefficient (Wildman–Crippen LogP) is 2.79. The van der Waals surface area contributed by atoms with E-state index in [4.69, 9.17) is 10.8 Å². The molecule has 1 unspecified atom stereocenters. The first-order chi connectivity index (χ1) is 8.42. The van der Waals surface area contributed by atoms with Gasteiger partial charge in [0, 0.05) is 5.41 Å². The molecule has 0 aromatic heterocycles. The minimum Gasteiger partial charge on any atom is -0.480 e. The second kappa shape index (κ2) is 4.52. The largest absolute Gasteiger partial charge is 0.480 e. The molecule has 1 aromatic rings. The van der Waals surface area contributed by atoms with Crippen molar-refractivity contribution < 1.29 is 23.1 Å². The molecule has 0 aliphatic carbocycles. The van der Waals surface area contributed by atoms with Crippen molar-refractivity contribution in [3.8, 4) is 0 Å². The van der Waals surface area contributed by atoms with E-state index in [1.165, 1.54) is 39.0 Å². The van der Waals surface area contributed by atoms with Crippen molar-refractivity contribution in [2.75, 3.05) is 0 Å². The van der Waals surface area contributed by atoms with Gasteiger partial charge < -0.3 is 10.8 Å². The van der Waals surface area contributed by atoms with E-state index in [0.29, 0.717) is 0 Å². The van der Waals surface area contributed by atoms with Gasteiger partial charge in [-0.1, -0.05) is 32.0 Å². The maximum atomic E-state index is 13.0. The summed E-state index contributed by atoms with van der Waals surface area (Å²) >= 11 is 0. The molecule has 1 atom stereocenters. The average molecular weight is 275 g/mol. The normalized spacial score (nSPS) is 15.9. The quantitative estimate of drug-likeness (QED) is 0.891. The molecule has 1 aromatic carbocycles. The molecular formula is C13H16F3NO2. The first-order valence-corrected chi connectivity index (χ1v) is 5.61. The molecule has 6 heteroatoms. The fourth-order valence-electron chi connectivity index (χ4n) is 1.82. The summed E-state index contributed by atoms with van der Waals surface area (Å²) in [5.41, 5.74) is 1.51. The maximum absolute atomic E-state index is 13.0. The minimum absolute atomic E-state index is 0.130. The summed E-state index contributed by atoms with van der Waals surface area (Å²) in [5.74, 6) is -1.35. The molecule has 0 fully saturated rings. The molecule has 0 saturated carbocycles. The van der Waals surface area contributed by atoms with Gasteiger partial charge in [-0.05, 0) is 18.6 Å². The van der Waals surface area contributed by atoms with Crippen LogP contribution < -0.4 is 5.73 Å². The van der Waals surface area contributed by atoms with Crippen molar-refractivity contribution in [3.05, 3.63) is 35.4 Å². The highest BCUT2D eigenvalue weighted by Gasteiger charge is 2.49. The van der Waals surface area contributed by atoms with E-state index >= 15 is 0 Å². The molecule has 19 heavy (non-hydrogen) atoms. The second-order valence-corrected chi connectivity index (χ2v) is 5.18. The number of carbonyl (C=O) groups is 1. The lowest BCUT2D eigenvalue weighted by atomic mass is 9.68. The van der Waals surface area contributed by atoms with Gasteiger partial charge in [0.15, 0.2) is 0 Å². The lowest BCUT2D eigenvalue weighted by molar-refractivity contribution is -0.147. The number of rotatable bonds is 3. The predicted molar refractivity (Wildman–Crippen MR) is 64.7 cm³/mol. The van der Waals surface area contributed by atoms with E-state index in [-0.39, 0.29) is 5.56 Å². The zero-order valence-corrected chi connectivity index (χ0v) is 10.9. The number of benzene rings is 1. The summed E-state index contributed by atoms with van der Waals surface area (Å²) < 4.78 is 38.9. The van der Waals surface area contributed by atoms with Gasteiger partial charge >= 0.3 is 12.1 Å². The van der Waals surface area contributed by atoms with Crippen LogP contribution in [0.3, 0.4) is 0 Å². The van der Waals surface area contributed by atoms with Crippen molar-refractivity contribution >= 4 is 5.97 Å². The number of hydrogen-bond donors (Lipinski definition) is 2. The van der Waals surface area contributed by atoms with E-state index in [2.05, 4.69) is 0 Å². The SMILES string of the molecule is CC(N)(C(=O)O)C(C)(C)c1ccccc1C(F)(F)F. The zero-order valence-electron chi connectivity index (χ0n) is 10.9. The molecule has 0 spiro atoms. The van der Waals surface area contributed by atoms with Gasteiger partial charge in [-0.3, -0.25) is 4.79 Å². The Morgan fingerprint density at radius 3 is 1.89 bits per heavy atom. The highest BCUT2D eigenvalue weighted by Crippen LogP contribution is 2.41. The number of carboxylic acids is 1. The van der Waals surface area contributed by atoms with Crippen LogP contribution in [0.25, 0.3) is 0 Å². The highest BCUT2D eigenvalue weighted by atomic mass is 19.4. The van der Waals surface area contributed by atoms with Gasteiger partial charge in [-0.15, -0.1) is 0 Å². The summed E-state index contributed by atoms with van der Waals surface area (Å²) in [5, 5.41) is 9.13. The summed E-state index contributed by atoms with van der Waals surface area (Å²) in [6.07, 6.45) is -4.55. The maximum Gasteiger partial charge on any atom is 0.416 e. The Morgan fingerprint density at radius 2 is 1.53 bits per heavy atom. The third kappa shape index (κ3) is 2.58. The minimum atomic E-state index is -4.55. The number of halogens is 3. The Balaban J connectivity index is 3.50.